The monoisotopic (exact) mass is 444 g/mol. The second-order valence-electron chi connectivity index (χ2n) is 6.12. The summed E-state index contributed by atoms with van der Waals surface area (Å²) in [7, 11) is -4.19. The van der Waals surface area contributed by atoms with Crippen molar-refractivity contribution in [3.63, 3.8) is 0 Å². The average Bonchev–Trinajstić information content (AvgIpc) is 3.18. The summed E-state index contributed by atoms with van der Waals surface area (Å²) < 4.78 is 28.6. The van der Waals surface area contributed by atoms with Crippen molar-refractivity contribution in [2.24, 2.45) is 0 Å². The minimum atomic E-state index is -4.19. The SMILES string of the molecule is O=c1[nH]cc(S(=O)(=O)Nc2ccc(-c3cn(-c4ccccc4Cl)nn3)cc2)c(=O)[nH]1. The van der Waals surface area contributed by atoms with E-state index in [0.717, 1.165) is 6.20 Å². The number of hydrogen-bond donors (Lipinski definition) is 3. The number of H-pyrrole nitrogens is 2. The van der Waals surface area contributed by atoms with Gasteiger partial charge < -0.3 is 4.98 Å². The average molecular weight is 445 g/mol. The van der Waals surface area contributed by atoms with Crippen molar-refractivity contribution in [1.29, 1.82) is 0 Å². The number of benzene rings is 2. The molecule has 0 saturated heterocycles. The smallest absolute Gasteiger partial charge is 0.313 e. The van der Waals surface area contributed by atoms with Crippen LogP contribution in [-0.2, 0) is 10.0 Å². The fraction of sp³-hybridized carbons (Fsp3) is 0. The van der Waals surface area contributed by atoms with Crippen LogP contribution < -0.4 is 16.0 Å². The normalized spacial score (nSPS) is 11.4. The number of anilines is 1. The van der Waals surface area contributed by atoms with Gasteiger partial charge >= 0.3 is 5.69 Å². The minimum Gasteiger partial charge on any atom is -0.313 e. The molecule has 4 rings (SSSR count). The second-order valence-corrected chi connectivity index (χ2v) is 8.18. The van der Waals surface area contributed by atoms with E-state index in [2.05, 4.69) is 20.0 Å². The van der Waals surface area contributed by atoms with E-state index in [1.54, 1.807) is 30.5 Å². The molecule has 10 nitrogen and oxygen atoms in total. The van der Waals surface area contributed by atoms with Crippen LogP contribution >= 0.6 is 11.6 Å². The van der Waals surface area contributed by atoms with E-state index in [1.165, 1.54) is 16.8 Å². The van der Waals surface area contributed by atoms with Gasteiger partial charge in [-0.1, -0.05) is 41.1 Å². The Balaban J connectivity index is 1.57. The van der Waals surface area contributed by atoms with Gasteiger partial charge in [-0.2, -0.15) is 0 Å². The van der Waals surface area contributed by atoms with Gasteiger partial charge in [0.05, 0.1) is 16.9 Å². The molecule has 0 saturated carbocycles. The Morgan fingerprint density at radius 2 is 1.77 bits per heavy atom. The molecule has 2 heterocycles. The van der Waals surface area contributed by atoms with Crippen molar-refractivity contribution in [3.8, 4) is 16.9 Å². The number of halogens is 1. The molecular formula is C18H13ClN6O4S. The van der Waals surface area contributed by atoms with Gasteiger partial charge in [0.15, 0.2) is 4.90 Å². The van der Waals surface area contributed by atoms with Crippen molar-refractivity contribution < 1.29 is 8.42 Å². The number of aromatic amines is 2. The molecule has 0 atom stereocenters. The molecule has 0 bridgehead atoms. The van der Waals surface area contributed by atoms with Crippen molar-refractivity contribution >= 4 is 27.3 Å². The number of sulfonamides is 1. The summed E-state index contributed by atoms with van der Waals surface area (Å²) in [4.78, 5) is 26.2. The Hall–Kier alpha value is -3.70. The highest BCUT2D eigenvalue weighted by atomic mass is 35.5. The van der Waals surface area contributed by atoms with Crippen molar-refractivity contribution in [1.82, 2.24) is 25.0 Å². The van der Waals surface area contributed by atoms with Crippen LogP contribution in [0.25, 0.3) is 16.9 Å². The first kappa shape index (κ1) is 19.6. The highest BCUT2D eigenvalue weighted by molar-refractivity contribution is 7.92. The maximum absolute atomic E-state index is 12.4. The molecule has 12 heteroatoms. The van der Waals surface area contributed by atoms with Crippen molar-refractivity contribution in [2.45, 2.75) is 4.90 Å². The van der Waals surface area contributed by atoms with Gasteiger partial charge in [0, 0.05) is 17.4 Å². The van der Waals surface area contributed by atoms with E-state index in [4.69, 9.17) is 11.6 Å². The lowest BCUT2D eigenvalue weighted by Crippen LogP contribution is -2.29. The first-order chi connectivity index (χ1) is 14.3. The summed E-state index contributed by atoms with van der Waals surface area (Å²) in [6.07, 6.45) is 2.53. The highest BCUT2D eigenvalue weighted by Gasteiger charge is 2.19. The molecule has 0 fully saturated rings. The molecule has 152 valence electrons. The van der Waals surface area contributed by atoms with Gasteiger partial charge in [-0.15, -0.1) is 5.10 Å². The summed E-state index contributed by atoms with van der Waals surface area (Å²) in [6, 6.07) is 13.5. The number of aromatic nitrogens is 5. The first-order valence-electron chi connectivity index (χ1n) is 8.46. The molecule has 3 N–H and O–H groups in total. The van der Waals surface area contributed by atoms with Gasteiger partial charge in [0.25, 0.3) is 15.6 Å². The molecule has 0 aliphatic heterocycles. The number of nitrogens with one attached hydrogen (secondary N) is 3. The summed E-state index contributed by atoms with van der Waals surface area (Å²) in [5.74, 6) is 0. The first-order valence-corrected chi connectivity index (χ1v) is 10.3. The zero-order chi connectivity index (χ0) is 21.3. The molecule has 0 amide bonds. The predicted octanol–water partition coefficient (Wildman–Crippen LogP) is 1.77. The van der Waals surface area contributed by atoms with E-state index in [-0.39, 0.29) is 5.69 Å². The third-order valence-corrected chi connectivity index (χ3v) is 5.81. The molecule has 30 heavy (non-hydrogen) atoms. The third kappa shape index (κ3) is 3.88. The summed E-state index contributed by atoms with van der Waals surface area (Å²) >= 11 is 6.17. The van der Waals surface area contributed by atoms with Crippen LogP contribution in [0.2, 0.25) is 5.02 Å². The zero-order valence-corrected chi connectivity index (χ0v) is 16.6. The second kappa shape index (κ2) is 7.61. The summed E-state index contributed by atoms with van der Waals surface area (Å²) in [6.45, 7) is 0. The van der Waals surface area contributed by atoms with Crippen LogP contribution in [0.5, 0.6) is 0 Å². The van der Waals surface area contributed by atoms with Crippen LogP contribution in [0.3, 0.4) is 0 Å². The Morgan fingerprint density at radius 1 is 1.03 bits per heavy atom. The van der Waals surface area contributed by atoms with Crippen LogP contribution in [0.1, 0.15) is 0 Å². The van der Waals surface area contributed by atoms with Gasteiger partial charge in [-0.25, -0.2) is 17.9 Å². The molecule has 0 spiro atoms. The lowest BCUT2D eigenvalue weighted by molar-refractivity contribution is 0.599. The fourth-order valence-electron chi connectivity index (χ4n) is 2.67. The van der Waals surface area contributed by atoms with Crippen molar-refractivity contribution in [3.05, 3.63) is 86.8 Å². The quantitative estimate of drug-likeness (QED) is 0.428. The van der Waals surface area contributed by atoms with E-state index in [9.17, 15) is 18.0 Å². The van der Waals surface area contributed by atoms with E-state index in [1.807, 2.05) is 17.1 Å². The van der Waals surface area contributed by atoms with Crippen LogP contribution in [-0.4, -0.2) is 33.4 Å². The molecule has 2 aromatic heterocycles. The van der Waals surface area contributed by atoms with E-state index < -0.39 is 26.2 Å². The standard InChI is InChI=1S/C18H13ClN6O4S/c19-13-3-1-2-4-15(13)25-10-14(22-24-25)11-5-7-12(8-6-11)23-30(28,29)16-9-20-18(27)21-17(16)26/h1-10,23H,(H2,20,21,26,27). The molecule has 0 radical (unpaired) electrons. The predicted molar refractivity (Wildman–Crippen MR) is 110 cm³/mol. The lowest BCUT2D eigenvalue weighted by Gasteiger charge is -2.07. The molecule has 0 unspecified atom stereocenters. The zero-order valence-electron chi connectivity index (χ0n) is 15.0. The van der Waals surface area contributed by atoms with Crippen LogP contribution in [0, 0.1) is 0 Å². The van der Waals surface area contributed by atoms with Gasteiger partial charge in [0.1, 0.15) is 5.69 Å². The molecule has 4 aromatic rings. The molecule has 2 aromatic carbocycles. The number of nitrogens with zero attached hydrogens (tertiary/aromatic N) is 3. The Morgan fingerprint density at radius 3 is 2.47 bits per heavy atom. The lowest BCUT2D eigenvalue weighted by atomic mass is 10.1. The maximum atomic E-state index is 12.4. The highest BCUT2D eigenvalue weighted by Crippen LogP contribution is 2.23. The van der Waals surface area contributed by atoms with Crippen LogP contribution in [0.4, 0.5) is 5.69 Å². The van der Waals surface area contributed by atoms with E-state index >= 15 is 0 Å². The van der Waals surface area contributed by atoms with E-state index in [0.29, 0.717) is 22.0 Å². The van der Waals surface area contributed by atoms with Crippen LogP contribution in [0.15, 0.2) is 75.4 Å². The largest absolute Gasteiger partial charge is 0.325 e. The number of hydrogen-bond acceptors (Lipinski definition) is 6. The Bertz CT molecular complexity index is 1440. The third-order valence-electron chi connectivity index (χ3n) is 4.10. The molecular weight excluding hydrogens is 432 g/mol. The van der Waals surface area contributed by atoms with Gasteiger partial charge in [-0.05, 0) is 24.3 Å². The topological polar surface area (TPSA) is 143 Å². The molecule has 0 aliphatic rings. The Labute approximate surface area is 174 Å². The number of para-hydroxylation sites is 1. The Kier molecular flexibility index (Phi) is 4.98. The van der Waals surface area contributed by atoms with Gasteiger partial charge in [-0.3, -0.25) is 14.5 Å². The summed E-state index contributed by atoms with van der Waals surface area (Å²) in [5, 5.41) is 8.70. The van der Waals surface area contributed by atoms with Gasteiger partial charge in [0.2, 0.25) is 0 Å². The minimum absolute atomic E-state index is 0.225. The molecule has 0 aliphatic carbocycles. The number of rotatable bonds is 5. The fourth-order valence-corrected chi connectivity index (χ4v) is 3.96. The maximum Gasteiger partial charge on any atom is 0.325 e. The summed E-state index contributed by atoms with van der Waals surface area (Å²) in [5.41, 5.74) is 0.336. The van der Waals surface area contributed by atoms with Crippen molar-refractivity contribution in [2.75, 3.05) is 4.72 Å².